The summed E-state index contributed by atoms with van der Waals surface area (Å²) < 4.78 is 10.6. The molecule has 0 atom stereocenters. The third-order valence-electron chi connectivity index (χ3n) is 2.30. The fourth-order valence-corrected chi connectivity index (χ4v) is 1.54. The molecule has 1 aromatic carbocycles. The largest absolute Gasteiger partial charge is 0.508 e. The second-order valence-corrected chi connectivity index (χ2v) is 3.79. The number of phenolic OH excluding ortho intramolecular Hbond substituents is 2. The summed E-state index contributed by atoms with van der Waals surface area (Å²) in [5.74, 6) is -0.761. The van der Waals surface area contributed by atoms with Crippen LogP contribution in [0, 0.1) is 0 Å². The average molecular weight is 269 g/mol. The molecule has 0 spiro atoms. The fraction of sp³-hybridized carbons (Fsp3) is 0.462. The Morgan fingerprint density at radius 1 is 1.16 bits per heavy atom. The van der Waals surface area contributed by atoms with E-state index in [0.717, 1.165) is 6.07 Å². The van der Waals surface area contributed by atoms with E-state index >= 15 is 0 Å². The summed E-state index contributed by atoms with van der Waals surface area (Å²) in [5.41, 5.74) is 0.171. The van der Waals surface area contributed by atoms with Gasteiger partial charge in [-0.05, 0) is 26.0 Å². The molecule has 0 heterocycles. The molecular formula is C13H19NO5. The number of benzene rings is 1. The Labute approximate surface area is 112 Å². The van der Waals surface area contributed by atoms with E-state index in [1.54, 1.807) is 0 Å². The molecule has 0 unspecified atom stereocenters. The summed E-state index contributed by atoms with van der Waals surface area (Å²) in [6.45, 7) is 4.82. The first-order valence-corrected chi connectivity index (χ1v) is 6.11. The first-order chi connectivity index (χ1) is 9.06. The maximum absolute atomic E-state index is 11.8. The standard InChI is InChI=1S/C13H19NO5/c1-3-18-12(19-4-2)8-14-13(17)9-5-10(15)7-11(16)6-9/h5-7,12,15-16H,3-4,8H2,1-2H3,(H,14,17). The zero-order valence-corrected chi connectivity index (χ0v) is 11.0. The first-order valence-electron chi connectivity index (χ1n) is 6.11. The van der Waals surface area contributed by atoms with Gasteiger partial charge < -0.3 is 25.0 Å². The van der Waals surface area contributed by atoms with E-state index in [9.17, 15) is 15.0 Å². The van der Waals surface area contributed by atoms with Gasteiger partial charge in [0.25, 0.3) is 5.91 Å². The molecule has 0 aromatic heterocycles. The van der Waals surface area contributed by atoms with Crippen molar-refractivity contribution in [2.75, 3.05) is 19.8 Å². The molecule has 0 radical (unpaired) electrons. The van der Waals surface area contributed by atoms with Gasteiger partial charge in [0, 0.05) is 24.8 Å². The van der Waals surface area contributed by atoms with Gasteiger partial charge in [-0.25, -0.2) is 0 Å². The van der Waals surface area contributed by atoms with Gasteiger partial charge in [-0.3, -0.25) is 4.79 Å². The zero-order valence-electron chi connectivity index (χ0n) is 11.0. The molecule has 0 saturated heterocycles. The van der Waals surface area contributed by atoms with Crippen molar-refractivity contribution in [2.45, 2.75) is 20.1 Å². The number of amides is 1. The lowest BCUT2D eigenvalue weighted by Crippen LogP contribution is -2.35. The molecule has 0 aliphatic carbocycles. The summed E-state index contributed by atoms with van der Waals surface area (Å²) in [7, 11) is 0. The van der Waals surface area contributed by atoms with Gasteiger partial charge in [0.15, 0.2) is 6.29 Å². The summed E-state index contributed by atoms with van der Waals surface area (Å²) in [5, 5.41) is 21.2. The zero-order chi connectivity index (χ0) is 14.3. The van der Waals surface area contributed by atoms with Crippen LogP contribution in [0.3, 0.4) is 0 Å². The van der Waals surface area contributed by atoms with E-state index in [4.69, 9.17) is 9.47 Å². The van der Waals surface area contributed by atoms with E-state index in [1.807, 2.05) is 13.8 Å². The highest BCUT2D eigenvalue weighted by molar-refractivity contribution is 5.95. The highest BCUT2D eigenvalue weighted by Gasteiger charge is 2.12. The Morgan fingerprint density at radius 3 is 2.16 bits per heavy atom. The van der Waals surface area contributed by atoms with E-state index in [0.29, 0.717) is 13.2 Å². The lowest BCUT2D eigenvalue weighted by Gasteiger charge is -2.17. The fourth-order valence-electron chi connectivity index (χ4n) is 1.54. The lowest BCUT2D eigenvalue weighted by molar-refractivity contribution is -0.131. The summed E-state index contributed by atoms with van der Waals surface area (Å²) in [6.07, 6.45) is -0.509. The van der Waals surface area contributed by atoms with Gasteiger partial charge in [0.05, 0.1) is 6.54 Å². The second-order valence-electron chi connectivity index (χ2n) is 3.79. The normalized spacial score (nSPS) is 10.7. The van der Waals surface area contributed by atoms with Crippen molar-refractivity contribution in [1.82, 2.24) is 5.32 Å². The minimum atomic E-state index is -0.509. The van der Waals surface area contributed by atoms with Gasteiger partial charge in [0.1, 0.15) is 11.5 Å². The molecule has 0 aliphatic rings. The molecule has 1 rings (SSSR count). The quantitative estimate of drug-likeness (QED) is 0.648. The van der Waals surface area contributed by atoms with Gasteiger partial charge in [-0.2, -0.15) is 0 Å². The topological polar surface area (TPSA) is 88.0 Å². The Hall–Kier alpha value is -1.79. The van der Waals surface area contributed by atoms with Crippen LogP contribution < -0.4 is 5.32 Å². The molecule has 3 N–H and O–H groups in total. The number of nitrogens with one attached hydrogen (secondary N) is 1. The van der Waals surface area contributed by atoms with Crippen LogP contribution in [0.1, 0.15) is 24.2 Å². The molecular weight excluding hydrogens is 250 g/mol. The third kappa shape index (κ3) is 5.15. The summed E-state index contributed by atoms with van der Waals surface area (Å²) in [4.78, 5) is 11.8. The van der Waals surface area contributed by atoms with Gasteiger partial charge in [-0.1, -0.05) is 0 Å². The molecule has 1 amide bonds. The van der Waals surface area contributed by atoms with Crippen LogP contribution in [0.15, 0.2) is 18.2 Å². The number of ether oxygens (including phenoxy) is 2. The lowest BCUT2D eigenvalue weighted by atomic mass is 10.2. The molecule has 1 aromatic rings. The molecule has 0 fully saturated rings. The van der Waals surface area contributed by atoms with Gasteiger partial charge in [0.2, 0.25) is 0 Å². The van der Waals surface area contributed by atoms with Crippen molar-refractivity contribution in [3.8, 4) is 11.5 Å². The number of aromatic hydroxyl groups is 2. The number of phenols is 2. The van der Waals surface area contributed by atoms with Crippen molar-refractivity contribution in [2.24, 2.45) is 0 Å². The van der Waals surface area contributed by atoms with Crippen LogP contribution in [-0.2, 0) is 9.47 Å². The monoisotopic (exact) mass is 269 g/mol. The number of carbonyl (C=O) groups is 1. The van der Waals surface area contributed by atoms with E-state index < -0.39 is 12.2 Å². The Bertz CT molecular complexity index is 395. The molecule has 6 heteroatoms. The van der Waals surface area contributed by atoms with E-state index in [1.165, 1.54) is 12.1 Å². The SMILES string of the molecule is CCOC(CNC(=O)c1cc(O)cc(O)c1)OCC. The summed E-state index contributed by atoms with van der Waals surface area (Å²) in [6, 6.07) is 3.69. The highest BCUT2D eigenvalue weighted by Crippen LogP contribution is 2.20. The number of hydrogen-bond acceptors (Lipinski definition) is 5. The molecule has 0 saturated carbocycles. The van der Waals surface area contributed by atoms with Crippen LogP contribution in [0.4, 0.5) is 0 Å². The molecule has 6 nitrogen and oxygen atoms in total. The van der Waals surface area contributed by atoms with Crippen molar-refractivity contribution >= 4 is 5.91 Å². The van der Waals surface area contributed by atoms with Gasteiger partial charge in [-0.15, -0.1) is 0 Å². The molecule has 106 valence electrons. The number of rotatable bonds is 7. The number of hydrogen-bond donors (Lipinski definition) is 3. The minimum Gasteiger partial charge on any atom is -0.508 e. The number of carbonyl (C=O) groups excluding carboxylic acids is 1. The van der Waals surface area contributed by atoms with Crippen LogP contribution in [-0.4, -0.2) is 42.2 Å². The maximum atomic E-state index is 11.8. The van der Waals surface area contributed by atoms with Gasteiger partial charge >= 0.3 is 0 Å². The Morgan fingerprint density at radius 2 is 1.68 bits per heavy atom. The van der Waals surface area contributed by atoms with E-state index in [2.05, 4.69) is 5.32 Å². The second kappa shape index (κ2) is 7.60. The highest BCUT2D eigenvalue weighted by atomic mass is 16.7. The van der Waals surface area contributed by atoms with Crippen LogP contribution >= 0.6 is 0 Å². The summed E-state index contributed by atoms with van der Waals surface area (Å²) >= 11 is 0. The van der Waals surface area contributed by atoms with Crippen molar-refractivity contribution in [1.29, 1.82) is 0 Å². The van der Waals surface area contributed by atoms with Crippen LogP contribution in [0.2, 0.25) is 0 Å². The smallest absolute Gasteiger partial charge is 0.251 e. The average Bonchev–Trinajstić information content (AvgIpc) is 2.35. The van der Waals surface area contributed by atoms with E-state index in [-0.39, 0.29) is 23.6 Å². The molecule has 19 heavy (non-hydrogen) atoms. The predicted molar refractivity (Wildman–Crippen MR) is 69.1 cm³/mol. The van der Waals surface area contributed by atoms with Crippen LogP contribution in [0.5, 0.6) is 11.5 Å². The van der Waals surface area contributed by atoms with Crippen LogP contribution in [0.25, 0.3) is 0 Å². The molecule has 0 aliphatic heterocycles. The van der Waals surface area contributed by atoms with Crippen molar-refractivity contribution < 1.29 is 24.5 Å². The third-order valence-corrected chi connectivity index (χ3v) is 2.30. The van der Waals surface area contributed by atoms with Crippen molar-refractivity contribution in [3.63, 3.8) is 0 Å². The Kier molecular flexibility index (Phi) is 6.11. The van der Waals surface area contributed by atoms with Crippen molar-refractivity contribution in [3.05, 3.63) is 23.8 Å². The maximum Gasteiger partial charge on any atom is 0.251 e. The predicted octanol–water partition coefficient (Wildman–Crippen LogP) is 1.23. The Balaban J connectivity index is 2.58. The minimum absolute atomic E-state index is 0.170. The first kappa shape index (κ1) is 15.3. The molecule has 0 bridgehead atoms.